The lowest BCUT2D eigenvalue weighted by Gasteiger charge is -2.23. The van der Waals surface area contributed by atoms with Gasteiger partial charge in [-0.25, -0.2) is 21.6 Å². The Kier molecular flexibility index (Phi) is 8.75. The van der Waals surface area contributed by atoms with Crippen molar-refractivity contribution < 1.29 is 21.6 Å². The van der Waals surface area contributed by atoms with E-state index < -0.39 is 32.5 Å². The highest BCUT2D eigenvalue weighted by molar-refractivity contribution is 7.89. The molecule has 8 nitrogen and oxygen atoms in total. The van der Waals surface area contributed by atoms with Crippen LogP contribution in [-0.4, -0.2) is 39.6 Å². The smallest absolute Gasteiger partial charge is 0.243 e. The first-order chi connectivity index (χ1) is 17.7. The minimum absolute atomic E-state index is 0.00783. The molecule has 10 heteroatoms. The van der Waals surface area contributed by atoms with E-state index in [1.165, 1.54) is 24.3 Å². The number of rotatable bonds is 10. The molecule has 1 amide bonds. The van der Waals surface area contributed by atoms with Crippen molar-refractivity contribution >= 4 is 31.6 Å². The van der Waals surface area contributed by atoms with E-state index in [0.717, 1.165) is 42.0 Å². The quantitative estimate of drug-likeness (QED) is 0.401. The summed E-state index contributed by atoms with van der Waals surface area (Å²) in [4.78, 5) is 12.7. The van der Waals surface area contributed by atoms with Gasteiger partial charge in [-0.2, -0.15) is 4.31 Å². The normalized spacial score (nSPS) is 14.9. The molecule has 0 atom stereocenters. The van der Waals surface area contributed by atoms with E-state index >= 15 is 0 Å². The molecular weight excluding hydrogens is 510 g/mol. The van der Waals surface area contributed by atoms with Gasteiger partial charge in [0.25, 0.3) is 0 Å². The van der Waals surface area contributed by atoms with Crippen LogP contribution in [0.4, 0.5) is 5.69 Å². The molecule has 1 aliphatic rings. The molecule has 0 aromatic heterocycles. The van der Waals surface area contributed by atoms with E-state index in [2.05, 4.69) is 10.0 Å². The van der Waals surface area contributed by atoms with E-state index in [0.29, 0.717) is 5.69 Å². The maximum absolute atomic E-state index is 13.6. The van der Waals surface area contributed by atoms with Crippen molar-refractivity contribution in [3.8, 4) is 0 Å². The fourth-order valence-electron chi connectivity index (χ4n) is 4.34. The number of nitrogens with one attached hydrogen (secondary N) is 2. The van der Waals surface area contributed by atoms with Crippen molar-refractivity contribution in [3.05, 3.63) is 90.5 Å². The third-order valence-electron chi connectivity index (χ3n) is 6.28. The second-order valence-electron chi connectivity index (χ2n) is 9.10. The lowest BCUT2D eigenvalue weighted by atomic mass is 9.96. The van der Waals surface area contributed by atoms with Gasteiger partial charge in [0.15, 0.2) is 0 Å². The van der Waals surface area contributed by atoms with Crippen LogP contribution < -0.4 is 10.0 Å². The van der Waals surface area contributed by atoms with E-state index in [-0.39, 0.29) is 22.4 Å². The SMILES string of the molecule is O=C(CN(Cc1ccccc1)S(=O)(=O)c1ccc(S(=O)(=O)NC2CCCCC2)cc1)Nc1ccccc1. The summed E-state index contributed by atoms with van der Waals surface area (Å²) in [6.07, 6.45) is 4.67. The summed E-state index contributed by atoms with van der Waals surface area (Å²) in [5.74, 6) is -0.485. The molecule has 3 aromatic carbocycles. The van der Waals surface area contributed by atoms with Gasteiger partial charge in [-0.3, -0.25) is 4.79 Å². The van der Waals surface area contributed by atoms with Crippen LogP contribution in [0.25, 0.3) is 0 Å². The van der Waals surface area contributed by atoms with Gasteiger partial charge in [-0.05, 0) is 54.8 Å². The van der Waals surface area contributed by atoms with Crippen LogP contribution in [0.5, 0.6) is 0 Å². The molecule has 0 aliphatic heterocycles. The molecule has 1 fully saturated rings. The molecular formula is C27H31N3O5S2. The molecule has 0 radical (unpaired) electrons. The largest absolute Gasteiger partial charge is 0.325 e. The zero-order chi connectivity index (χ0) is 26.3. The average molecular weight is 542 g/mol. The monoisotopic (exact) mass is 541 g/mol. The number of carbonyl (C=O) groups is 1. The van der Waals surface area contributed by atoms with Crippen LogP contribution in [-0.2, 0) is 31.4 Å². The molecule has 196 valence electrons. The van der Waals surface area contributed by atoms with Gasteiger partial charge < -0.3 is 5.32 Å². The van der Waals surface area contributed by atoms with Gasteiger partial charge in [0.05, 0.1) is 16.3 Å². The number of carbonyl (C=O) groups excluding carboxylic acids is 1. The van der Waals surface area contributed by atoms with Gasteiger partial charge in [0, 0.05) is 18.3 Å². The van der Waals surface area contributed by atoms with Gasteiger partial charge in [0.1, 0.15) is 0 Å². The summed E-state index contributed by atoms with van der Waals surface area (Å²) < 4.78 is 56.7. The number of nitrogens with zero attached hydrogens (tertiary/aromatic N) is 1. The second-order valence-corrected chi connectivity index (χ2v) is 12.8. The third kappa shape index (κ3) is 7.26. The predicted octanol–water partition coefficient (Wildman–Crippen LogP) is 4.13. The van der Waals surface area contributed by atoms with Gasteiger partial charge in [-0.15, -0.1) is 0 Å². The Bertz CT molecular complexity index is 1390. The van der Waals surface area contributed by atoms with E-state index in [9.17, 15) is 21.6 Å². The van der Waals surface area contributed by atoms with Gasteiger partial charge in [0.2, 0.25) is 26.0 Å². The van der Waals surface area contributed by atoms with E-state index in [4.69, 9.17) is 0 Å². The first-order valence-electron chi connectivity index (χ1n) is 12.3. The molecule has 0 unspecified atom stereocenters. The van der Waals surface area contributed by atoms with Crippen molar-refractivity contribution in [1.29, 1.82) is 0 Å². The average Bonchev–Trinajstić information content (AvgIpc) is 2.90. The molecule has 1 aliphatic carbocycles. The Morgan fingerprint density at radius 1 is 0.757 bits per heavy atom. The molecule has 1 saturated carbocycles. The van der Waals surface area contributed by atoms with Crippen molar-refractivity contribution in [2.75, 3.05) is 11.9 Å². The number of hydrogen-bond donors (Lipinski definition) is 2. The molecule has 37 heavy (non-hydrogen) atoms. The first-order valence-corrected chi connectivity index (χ1v) is 15.2. The van der Waals surface area contributed by atoms with Crippen LogP contribution in [0.1, 0.15) is 37.7 Å². The topological polar surface area (TPSA) is 113 Å². The molecule has 2 N–H and O–H groups in total. The van der Waals surface area contributed by atoms with Crippen LogP contribution in [0.2, 0.25) is 0 Å². The third-order valence-corrected chi connectivity index (χ3v) is 9.62. The summed E-state index contributed by atoms with van der Waals surface area (Å²) >= 11 is 0. The number of sulfonamides is 2. The minimum Gasteiger partial charge on any atom is -0.325 e. The number of hydrogen-bond acceptors (Lipinski definition) is 5. The predicted molar refractivity (Wildman–Crippen MR) is 143 cm³/mol. The molecule has 0 heterocycles. The summed E-state index contributed by atoms with van der Waals surface area (Å²) in [6.45, 7) is -0.427. The van der Waals surface area contributed by atoms with Crippen molar-refractivity contribution in [1.82, 2.24) is 9.03 Å². The number of amides is 1. The first kappa shape index (κ1) is 27.0. The fourth-order valence-corrected chi connectivity index (χ4v) is 7.03. The minimum atomic E-state index is -4.12. The Balaban J connectivity index is 1.54. The summed E-state index contributed by atoms with van der Waals surface area (Å²) in [5.41, 5.74) is 1.28. The summed E-state index contributed by atoms with van der Waals surface area (Å²) in [6, 6.07) is 22.8. The lowest BCUT2D eigenvalue weighted by molar-refractivity contribution is -0.116. The molecule has 0 bridgehead atoms. The second kappa shape index (κ2) is 12.0. The highest BCUT2D eigenvalue weighted by atomic mass is 32.2. The molecule has 4 rings (SSSR count). The summed E-state index contributed by atoms with van der Waals surface area (Å²) in [7, 11) is -7.89. The Morgan fingerprint density at radius 3 is 1.95 bits per heavy atom. The van der Waals surface area contributed by atoms with Gasteiger partial charge in [-0.1, -0.05) is 67.8 Å². The van der Waals surface area contributed by atoms with E-state index in [1.54, 1.807) is 48.5 Å². The molecule has 0 spiro atoms. The molecule has 3 aromatic rings. The van der Waals surface area contributed by atoms with E-state index in [1.807, 2.05) is 12.1 Å². The number of para-hydroxylation sites is 1. The number of benzene rings is 3. The standard InChI is InChI=1S/C27H31N3O5S2/c31-27(28-23-12-6-2-7-13-23)21-30(20-22-10-4-1-5-11-22)37(34,35)26-18-16-25(17-19-26)36(32,33)29-24-14-8-3-9-15-24/h1-2,4-7,10-13,16-19,24,29H,3,8-9,14-15,20-21H2,(H,28,31). The van der Waals surface area contributed by atoms with Gasteiger partial charge >= 0.3 is 0 Å². The zero-order valence-corrected chi connectivity index (χ0v) is 22.0. The Hall–Kier alpha value is -3.05. The van der Waals surface area contributed by atoms with Crippen molar-refractivity contribution in [2.45, 2.75) is 54.5 Å². The van der Waals surface area contributed by atoms with Crippen LogP contribution in [0.15, 0.2) is 94.7 Å². The highest BCUT2D eigenvalue weighted by Crippen LogP contribution is 2.23. The van der Waals surface area contributed by atoms with Crippen LogP contribution in [0.3, 0.4) is 0 Å². The lowest BCUT2D eigenvalue weighted by Crippen LogP contribution is -2.37. The van der Waals surface area contributed by atoms with Crippen molar-refractivity contribution in [2.24, 2.45) is 0 Å². The Morgan fingerprint density at radius 2 is 1.32 bits per heavy atom. The van der Waals surface area contributed by atoms with Crippen LogP contribution >= 0.6 is 0 Å². The fraction of sp³-hybridized carbons (Fsp3) is 0.296. The van der Waals surface area contributed by atoms with Crippen LogP contribution in [0, 0.1) is 0 Å². The Labute approximate surface area is 218 Å². The number of anilines is 1. The van der Waals surface area contributed by atoms with Crippen molar-refractivity contribution in [3.63, 3.8) is 0 Å². The molecule has 0 saturated heterocycles. The maximum atomic E-state index is 13.6. The summed E-state index contributed by atoms with van der Waals surface area (Å²) in [5, 5.41) is 2.72. The zero-order valence-electron chi connectivity index (χ0n) is 20.4. The maximum Gasteiger partial charge on any atom is 0.243 e. The highest BCUT2D eigenvalue weighted by Gasteiger charge is 2.28.